The Morgan fingerprint density at radius 1 is 1.24 bits per heavy atom. The van der Waals surface area contributed by atoms with Crippen LogP contribution < -0.4 is 5.32 Å². The molecule has 1 aliphatic carbocycles. The molecule has 29 heavy (non-hydrogen) atoms. The van der Waals surface area contributed by atoms with Crippen molar-refractivity contribution in [1.82, 2.24) is 4.90 Å². The molecule has 1 aromatic carbocycles. The molecular weight excluding hydrogens is 368 g/mol. The number of morpholine rings is 1. The lowest BCUT2D eigenvalue weighted by Gasteiger charge is -2.50. The normalized spacial score (nSPS) is 26.2. The Kier molecular flexibility index (Phi) is 5.09. The first kappa shape index (κ1) is 19.9. The molecule has 0 aromatic heterocycles. The second-order valence-electron chi connectivity index (χ2n) is 8.74. The molecule has 1 saturated heterocycles. The lowest BCUT2D eigenvalue weighted by molar-refractivity contribution is -0.151. The molecule has 1 aromatic rings. The summed E-state index contributed by atoms with van der Waals surface area (Å²) in [5.41, 5.74) is 1.62. The summed E-state index contributed by atoms with van der Waals surface area (Å²) in [5.74, 6) is 0.684. The molecule has 2 heterocycles. The van der Waals surface area contributed by atoms with Gasteiger partial charge in [0.1, 0.15) is 17.0 Å². The second-order valence-corrected chi connectivity index (χ2v) is 8.74. The summed E-state index contributed by atoms with van der Waals surface area (Å²) in [6.07, 6.45) is 4.84. The lowest BCUT2D eigenvalue weighted by atomic mass is 9.75. The molecule has 0 radical (unpaired) electrons. The summed E-state index contributed by atoms with van der Waals surface area (Å²) in [7, 11) is 0. The van der Waals surface area contributed by atoms with E-state index in [4.69, 9.17) is 9.47 Å². The summed E-state index contributed by atoms with van der Waals surface area (Å²) in [4.78, 5) is 26.3. The van der Waals surface area contributed by atoms with E-state index in [1.165, 1.54) is 6.92 Å². The number of rotatable bonds is 3. The molecule has 1 spiro atoms. The average Bonchev–Trinajstić information content (AvgIpc) is 2.62. The highest BCUT2D eigenvalue weighted by atomic mass is 16.5. The predicted molar refractivity (Wildman–Crippen MR) is 110 cm³/mol. The molecule has 154 valence electrons. The molecule has 1 amide bonds. The van der Waals surface area contributed by atoms with Crippen LogP contribution in [-0.4, -0.2) is 47.5 Å². The predicted octanol–water partition coefficient (Wildman–Crippen LogP) is 3.20. The molecule has 1 N–H and O–H groups in total. The third-order valence-corrected chi connectivity index (χ3v) is 5.60. The fourth-order valence-electron chi connectivity index (χ4n) is 4.67. The van der Waals surface area contributed by atoms with E-state index in [0.717, 1.165) is 24.3 Å². The van der Waals surface area contributed by atoms with Crippen LogP contribution in [0.2, 0.25) is 0 Å². The number of ketones is 1. The van der Waals surface area contributed by atoms with E-state index < -0.39 is 11.2 Å². The maximum atomic E-state index is 12.8. The van der Waals surface area contributed by atoms with E-state index in [1.807, 2.05) is 36.4 Å². The van der Waals surface area contributed by atoms with Gasteiger partial charge in [-0.1, -0.05) is 18.2 Å². The molecule has 2 aliphatic heterocycles. The SMILES string of the molecule is CC(=O)Nc1ccc(CN2CCOC3(C2)CC(C)(C)OC2=C3C(=O)CC=C2)cc1. The minimum atomic E-state index is -0.632. The Morgan fingerprint density at radius 3 is 2.72 bits per heavy atom. The Balaban J connectivity index is 1.56. The zero-order valence-electron chi connectivity index (χ0n) is 17.3. The topological polar surface area (TPSA) is 67.9 Å². The van der Waals surface area contributed by atoms with E-state index in [1.54, 1.807) is 0 Å². The van der Waals surface area contributed by atoms with Gasteiger partial charge in [0.15, 0.2) is 5.78 Å². The Morgan fingerprint density at radius 2 is 2.00 bits per heavy atom. The maximum absolute atomic E-state index is 12.8. The fourth-order valence-corrected chi connectivity index (χ4v) is 4.67. The highest BCUT2D eigenvalue weighted by molar-refractivity contribution is 6.00. The number of Topliss-reactive ketones (excluding diaryl/α,β-unsaturated/α-hetero) is 1. The Labute approximate surface area is 171 Å². The molecular formula is C23H28N2O4. The number of carbonyl (C=O) groups excluding carboxylic acids is 2. The molecule has 1 atom stereocenters. The van der Waals surface area contributed by atoms with Gasteiger partial charge in [0.05, 0.1) is 12.2 Å². The van der Waals surface area contributed by atoms with Gasteiger partial charge >= 0.3 is 0 Å². The van der Waals surface area contributed by atoms with Gasteiger partial charge in [-0.05, 0) is 37.6 Å². The van der Waals surface area contributed by atoms with Gasteiger partial charge in [0.2, 0.25) is 5.91 Å². The first-order valence-electron chi connectivity index (χ1n) is 10.1. The molecule has 1 fully saturated rings. The molecule has 1 unspecified atom stereocenters. The fraction of sp³-hybridized carbons (Fsp3) is 0.478. The molecule has 4 rings (SSSR count). The summed E-state index contributed by atoms with van der Waals surface area (Å²) in [6, 6.07) is 7.89. The number of hydrogen-bond acceptors (Lipinski definition) is 5. The summed E-state index contributed by atoms with van der Waals surface area (Å²) in [5, 5.41) is 2.79. The number of fused-ring (bicyclic) bond motifs is 1. The number of carbonyl (C=O) groups is 2. The lowest BCUT2D eigenvalue weighted by Crippen LogP contribution is -2.59. The number of amides is 1. The number of nitrogens with one attached hydrogen (secondary N) is 1. The van der Waals surface area contributed by atoms with E-state index >= 15 is 0 Å². The van der Waals surface area contributed by atoms with Crippen molar-refractivity contribution in [2.24, 2.45) is 0 Å². The van der Waals surface area contributed by atoms with Crippen molar-refractivity contribution in [2.45, 2.75) is 51.4 Å². The van der Waals surface area contributed by atoms with Gasteiger partial charge in [-0.15, -0.1) is 0 Å². The van der Waals surface area contributed by atoms with Crippen LogP contribution in [0.25, 0.3) is 0 Å². The van der Waals surface area contributed by atoms with Crippen molar-refractivity contribution >= 4 is 17.4 Å². The summed E-state index contributed by atoms with van der Waals surface area (Å²) in [6.45, 7) is 8.41. The number of benzene rings is 1. The van der Waals surface area contributed by atoms with Crippen molar-refractivity contribution in [3.8, 4) is 0 Å². The first-order chi connectivity index (χ1) is 13.8. The van der Waals surface area contributed by atoms with Crippen LogP contribution in [0, 0.1) is 0 Å². The smallest absolute Gasteiger partial charge is 0.221 e. The second kappa shape index (κ2) is 7.43. The van der Waals surface area contributed by atoms with Crippen LogP contribution >= 0.6 is 0 Å². The quantitative estimate of drug-likeness (QED) is 0.850. The van der Waals surface area contributed by atoms with E-state index in [0.29, 0.717) is 37.3 Å². The third kappa shape index (κ3) is 4.14. The van der Waals surface area contributed by atoms with Crippen molar-refractivity contribution in [2.75, 3.05) is 25.0 Å². The molecule has 0 bridgehead atoms. The van der Waals surface area contributed by atoms with E-state index in [2.05, 4.69) is 24.1 Å². The van der Waals surface area contributed by atoms with Crippen molar-refractivity contribution in [3.05, 3.63) is 53.3 Å². The highest BCUT2D eigenvalue weighted by Crippen LogP contribution is 2.45. The zero-order chi connectivity index (χ0) is 20.6. The van der Waals surface area contributed by atoms with Gasteiger partial charge < -0.3 is 14.8 Å². The van der Waals surface area contributed by atoms with Crippen LogP contribution in [0.3, 0.4) is 0 Å². The van der Waals surface area contributed by atoms with Gasteiger partial charge in [-0.3, -0.25) is 14.5 Å². The third-order valence-electron chi connectivity index (χ3n) is 5.60. The first-order valence-corrected chi connectivity index (χ1v) is 10.1. The Hall–Kier alpha value is -2.44. The van der Waals surface area contributed by atoms with Crippen LogP contribution in [0.15, 0.2) is 47.7 Å². The van der Waals surface area contributed by atoms with Crippen LogP contribution in [0.5, 0.6) is 0 Å². The van der Waals surface area contributed by atoms with Gasteiger partial charge in [0, 0.05) is 45.1 Å². The summed E-state index contributed by atoms with van der Waals surface area (Å²) < 4.78 is 12.4. The number of anilines is 1. The monoisotopic (exact) mass is 396 g/mol. The van der Waals surface area contributed by atoms with Crippen molar-refractivity contribution in [3.63, 3.8) is 0 Å². The van der Waals surface area contributed by atoms with Crippen LogP contribution in [0.1, 0.15) is 39.2 Å². The average molecular weight is 396 g/mol. The van der Waals surface area contributed by atoms with Gasteiger partial charge in [-0.25, -0.2) is 0 Å². The molecule has 3 aliphatic rings. The number of nitrogens with zero attached hydrogens (tertiary/aromatic N) is 1. The molecule has 0 saturated carbocycles. The van der Waals surface area contributed by atoms with Crippen LogP contribution in [-0.2, 0) is 25.6 Å². The van der Waals surface area contributed by atoms with E-state index in [-0.39, 0.29) is 11.7 Å². The number of hydrogen-bond donors (Lipinski definition) is 1. The standard InChI is InChI=1S/C23H28N2O4/c1-16(26)24-18-9-7-17(8-10-18)13-25-11-12-28-23(15-25)14-22(2,3)29-20-6-4-5-19(27)21(20)23/h4,6-10H,5,11-15H2,1-3H3,(H,24,26). The van der Waals surface area contributed by atoms with Crippen molar-refractivity contribution < 1.29 is 19.1 Å². The van der Waals surface area contributed by atoms with Crippen LogP contribution in [0.4, 0.5) is 5.69 Å². The minimum absolute atomic E-state index is 0.0784. The Bertz CT molecular complexity index is 885. The highest BCUT2D eigenvalue weighted by Gasteiger charge is 2.52. The van der Waals surface area contributed by atoms with Crippen molar-refractivity contribution in [1.29, 1.82) is 0 Å². The molecule has 6 heteroatoms. The maximum Gasteiger partial charge on any atom is 0.221 e. The largest absolute Gasteiger partial charge is 0.487 e. The number of allylic oxidation sites excluding steroid dienone is 2. The van der Waals surface area contributed by atoms with E-state index in [9.17, 15) is 9.59 Å². The number of ether oxygens (including phenoxy) is 2. The van der Waals surface area contributed by atoms with Gasteiger partial charge in [-0.2, -0.15) is 0 Å². The summed E-state index contributed by atoms with van der Waals surface area (Å²) >= 11 is 0. The van der Waals surface area contributed by atoms with Gasteiger partial charge in [0.25, 0.3) is 0 Å². The zero-order valence-corrected chi connectivity index (χ0v) is 17.3. The minimum Gasteiger partial charge on any atom is -0.487 e. The molecule has 6 nitrogen and oxygen atoms in total.